The summed E-state index contributed by atoms with van der Waals surface area (Å²) < 4.78 is 6.02. The molecule has 124 valence electrons. The van der Waals surface area contributed by atoms with E-state index in [2.05, 4.69) is 60.5 Å². The predicted octanol–water partition coefficient (Wildman–Crippen LogP) is 3.98. The highest BCUT2D eigenvalue weighted by molar-refractivity contribution is 5.88. The average Bonchev–Trinajstić information content (AvgIpc) is 2.61. The number of nitrogens with one attached hydrogen (secondary N) is 1. The summed E-state index contributed by atoms with van der Waals surface area (Å²) in [5, 5.41) is 6.12. The molecule has 0 unspecified atom stereocenters. The van der Waals surface area contributed by atoms with Gasteiger partial charge in [0, 0.05) is 37.8 Å². The van der Waals surface area contributed by atoms with Crippen LogP contribution < -0.4 is 10.1 Å². The summed E-state index contributed by atoms with van der Waals surface area (Å²) >= 11 is 0. The summed E-state index contributed by atoms with van der Waals surface area (Å²) in [4.78, 5) is 2.63. The van der Waals surface area contributed by atoms with Gasteiger partial charge in [0.2, 0.25) is 0 Å². The molecule has 0 radical (unpaired) electrons. The summed E-state index contributed by atoms with van der Waals surface area (Å²) in [6.07, 6.45) is 2.36. The van der Waals surface area contributed by atoms with Crippen LogP contribution in [0, 0.1) is 0 Å². The first-order chi connectivity index (χ1) is 11.3. The van der Waals surface area contributed by atoms with Crippen molar-refractivity contribution in [3.05, 3.63) is 42.0 Å². The van der Waals surface area contributed by atoms with Crippen molar-refractivity contribution in [1.82, 2.24) is 10.2 Å². The molecule has 1 atom stereocenters. The van der Waals surface area contributed by atoms with E-state index >= 15 is 0 Å². The van der Waals surface area contributed by atoms with E-state index in [-0.39, 0.29) is 0 Å². The zero-order chi connectivity index (χ0) is 16.1. The van der Waals surface area contributed by atoms with E-state index in [1.807, 2.05) is 0 Å². The van der Waals surface area contributed by atoms with E-state index in [0.29, 0.717) is 12.6 Å². The fourth-order valence-electron chi connectivity index (χ4n) is 3.68. The molecule has 0 saturated carbocycles. The highest BCUT2D eigenvalue weighted by atomic mass is 16.5. The van der Waals surface area contributed by atoms with Crippen molar-refractivity contribution in [2.45, 2.75) is 32.7 Å². The second-order valence-electron chi connectivity index (χ2n) is 6.22. The number of ether oxygens (including phenoxy) is 1. The number of hydrogen-bond acceptors (Lipinski definition) is 3. The van der Waals surface area contributed by atoms with Crippen molar-refractivity contribution in [1.29, 1.82) is 0 Å². The standard InChI is InChI=1S/C20H28N2O/c1-3-7-18(22-14-12-21-13-15-22)20-17-9-6-5-8-16(17)10-11-19(20)23-4-2/h5-6,8-11,18,21H,3-4,7,12-15H2,1-2H3/t18-/m1/s1. The van der Waals surface area contributed by atoms with Gasteiger partial charge in [0.1, 0.15) is 5.75 Å². The Morgan fingerprint density at radius 2 is 1.87 bits per heavy atom. The van der Waals surface area contributed by atoms with E-state index in [4.69, 9.17) is 4.74 Å². The summed E-state index contributed by atoms with van der Waals surface area (Å²) in [5.74, 6) is 1.06. The molecule has 2 aromatic carbocycles. The average molecular weight is 312 g/mol. The monoisotopic (exact) mass is 312 g/mol. The van der Waals surface area contributed by atoms with Crippen molar-refractivity contribution in [2.24, 2.45) is 0 Å². The van der Waals surface area contributed by atoms with Crippen molar-refractivity contribution >= 4 is 10.8 Å². The van der Waals surface area contributed by atoms with Gasteiger partial charge in [-0.25, -0.2) is 0 Å². The second-order valence-corrected chi connectivity index (χ2v) is 6.22. The Bertz CT molecular complexity index is 635. The number of rotatable bonds is 6. The normalized spacial score (nSPS) is 17.3. The molecule has 1 fully saturated rings. The molecule has 0 bridgehead atoms. The zero-order valence-corrected chi connectivity index (χ0v) is 14.3. The first-order valence-electron chi connectivity index (χ1n) is 8.94. The molecular formula is C20H28N2O. The molecule has 0 spiro atoms. The lowest BCUT2D eigenvalue weighted by Gasteiger charge is -2.36. The fraction of sp³-hybridized carbons (Fsp3) is 0.500. The molecule has 1 N–H and O–H groups in total. The lowest BCUT2D eigenvalue weighted by molar-refractivity contribution is 0.162. The van der Waals surface area contributed by atoms with Crippen molar-refractivity contribution in [2.75, 3.05) is 32.8 Å². The van der Waals surface area contributed by atoms with Gasteiger partial charge in [-0.2, -0.15) is 0 Å². The van der Waals surface area contributed by atoms with Gasteiger partial charge in [0.25, 0.3) is 0 Å². The van der Waals surface area contributed by atoms with Gasteiger partial charge < -0.3 is 10.1 Å². The number of nitrogens with zero attached hydrogens (tertiary/aromatic N) is 1. The Hall–Kier alpha value is -1.58. The van der Waals surface area contributed by atoms with E-state index in [1.54, 1.807) is 0 Å². The zero-order valence-electron chi connectivity index (χ0n) is 14.3. The van der Waals surface area contributed by atoms with Gasteiger partial charge in [-0.1, -0.05) is 43.7 Å². The molecule has 1 aliphatic rings. The highest BCUT2D eigenvalue weighted by Gasteiger charge is 2.26. The topological polar surface area (TPSA) is 24.5 Å². The SMILES string of the molecule is CCC[C@H](c1c(OCC)ccc2ccccc12)N1CCNCC1. The lowest BCUT2D eigenvalue weighted by atomic mass is 9.93. The van der Waals surface area contributed by atoms with Crippen LogP contribution in [-0.4, -0.2) is 37.7 Å². The van der Waals surface area contributed by atoms with Crippen molar-refractivity contribution < 1.29 is 4.74 Å². The van der Waals surface area contributed by atoms with Crippen LogP contribution in [0.4, 0.5) is 0 Å². The molecular weight excluding hydrogens is 284 g/mol. The van der Waals surface area contributed by atoms with Gasteiger partial charge in [0.15, 0.2) is 0 Å². The van der Waals surface area contributed by atoms with Gasteiger partial charge >= 0.3 is 0 Å². The Kier molecular flexibility index (Phi) is 5.52. The first kappa shape index (κ1) is 16.3. The molecule has 1 aliphatic heterocycles. The summed E-state index contributed by atoms with van der Waals surface area (Å²) in [5.41, 5.74) is 1.38. The molecule has 1 saturated heterocycles. The molecule has 23 heavy (non-hydrogen) atoms. The minimum atomic E-state index is 0.440. The largest absolute Gasteiger partial charge is 0.494 e. The van der Waals surface area contributed by atoms with Crippen LogP contribution in [0.1, 0.15) is 38.3 Å². The van der Waals surface area contributed by atoms with E-state index in [9.17, 15) is 0 Å². The number of benzene rings is 2. The van der Waals surface area contributed by atoms with Gasteiger partial charge in [-0.3, -0.25) is 4.90 Å². The maximum absolute atomic E-state index is 6.02. The maximum atomic E-state index is 6.02. The summed E-state index contributed by atoms with van der Waals surface area (Å²) in [7, 11) is 0. The minimum absolute atomic E-state index is 0.440. The third-order valence-electron chi connectivity index (χ3n) is 4.72. The molecule has 3 heteroatoms. The van der Waals surface area contributed by atoms with Gasteiger partial charge in [-0.05, 0) is 30.2 Å². The molecule has 1 heterocycles. The van der Waals surface area contributed by atoms with Crippen LogP contribution in [0.2, 0.25) is 0 Å². The predicted molar refractivity (Wildman–Crippen MR) is 97.2 cm³/mol. The summed E-state index contributed by atoms with van der Waals surface area (Å²) in [6.45, 7) is 9.44. The van der Waals surface area contributed by atoms with Crippen LogP contribution in [0.5, 0.6) is 5.75 Å². The highest BCUT2D eigenvalue weighted by Crippen LogP contribution is 2.38. The van der Waals surface area contributed by atoms with Gasteiger partial charge in [-0.15, -0.1) is 0 Å². The Balaban J connectivity index is 2.10. The minimum Gasteiger partial charge on any atom is -0.494 e. The van der Waals surface area contributed by atoms with Gasteiger partial charge in [0.05, 0.1) is 6.61 Å². The number of piperazine rings is 1. The molecule has 0 amide bonds. The first-order valence-corrected chi connectivity index (χ1v) is 8.94. The molecule has 0 aliphatic carbocycles. The van der Waals surface area contributed by atoms with E-state index in [1.165, 1.54) is 29.2 Å². The maximum Gasteiger partial charge on any atom is 0.124 e. The van der Waals surface area contributed by atoms with E-state index in [0.717, 1.165) is 31.9 Å². The summed E-state index contributed by atoms with van der Waals surface area (Å²) in [6, 6.07) is 13.5. The van der Waals surface area contributed by atoms with Crippen molar-refractivity contribution in [3.8, 4) is 5.75 Å². The smallest absolute Gasteiger partial charge is 0.124 e. The van der Waals surface area contributed by atoms with Crippen LogP contribution in [0.25, 0.3) is 10.8 Å². The van der Waals surface area contributed by atoms with Crippen LogP contribution in [-0.2, 0) is 0 Å². The molecule has 3 rings (SSSR count). The Labute approximate surface area is 139 Å². The van der Waals surface area contributed by atoms with Crippen LogP contribution in [0.3, 0.4) is 0 Å². The van der Waals surface area contributed by atoms with Crippen LogP contribution >= 0.6 is 0 Å². The van der Waals surface area contributed by atoms with Crippen LogP contribution in [0.15, 0.2) is 36.4 Å². The third-order valence-corrected chi connectivity index (χ3v) is 4.72. The fourth-order valence-corrected chi connectivity index (χ4v) is 3.68. The lowest BCUT2D eigenvalue weighted by Crippen LogP contribution is -2.45. The quantitative estimate of drug-likeness (QED) is 0.873. The third kappa shape index (κ3) is 3.51. The second kappa shape index (κ2) is 7.80. The number of fused-ring (bicyclic) bond motifs is 1. The van der Waals surface area contributed by atoms with Crippen molar-refractivity contribution in [3.63, 3.8) is 0 Å². The Morgan fingerprint density at radius 1 is 1.09 bits per heavy atom. The molecule has 0 aromatic heterocycles. The van der Waals surface area contributed by atoms with E-state index < -0.39 is 0 Å². The molecule has 2 aromatic rings. The number of hydrogen-bond donors (Lipinski definition) is 1. The Morgan fingerprint density at radius 3 is 2.61 bits per heavy atom. The molecule has 3 nitrogen and oxygen atoms in total.